The molecule has 0 saturated heterocycles. The van der Waals surface area contributed by atoms with Gasteiger partial charge >= 0.3 is 0 Å². The van der Waals surface area contributed by atoms with Crippen LogP contribution in [0.1, 0.15) is 31.9 Å². The van der Waals surface area contributed by atoms with Crippen LogP contribution >= 0.6 is 11.8 Å². The van der Waals surface area contributed by atoms with E-state index in [1.54, 1.807) is 18.9 Å². The number of rotatable bonds is 8. The molecule has 0 amide bonds. The highest BCUT2D eigenvalue weighted by molar-refractivity contribution is 7.98. The zero-order valence-electron chi connectivity index (χ0n) is 13.3. The van der Waals surface area contributed by atoms with Crippen molar-refractivity contribution in [2.45, 2.75) is 44.7 Å². The smallest absolute Gasteiger partial charge is 0.122 e. The Morgan fingerprint density at radius 3 is 2.62 bits per heavy atom. The molecule has 1 aromatic rings. The summed E-state index contributed by atoms with van der Waals surface area (Å²) in [6.45, 7) is 7.04. The third-order valence-corrected chi connectivity index (χ3v) is 4.08. The molecule has 1 atom stereocenters. The molecule has 0 spiro atoms. The second-order valence-corrected chi connectivity index (χ2v) is 7.13. The summed E-state index contributed by atoms with van der Waals surface area (Å²) in [7, 11) is 1.67. The second-order valence-electron chi connectivity index (χ2n) is 6.10. The summed E-state index contributed by atoms with van der Waals surface area (Å²) in [5, 5.41) is 21.7. The Bertz CT molecular complexity index is 432. The summed E-state index contributed by atoms with van der Waals surface area (Å²) in [6, 6.07) is 6.18. The highest BCUT2D eigenvalue weighted by atomic mass is 32.2. The molecule has 0 fully saturated rings. The molecule has 0 bridgehead atoms. The van der Waals surface area contributed by atoms with E-state index in [0.29, 0.717) is 5.75 Å². The second kappa shape index (κ2) is 8.63. The monoisotopic (exact) mass is 313 g/mol. The molecular weight excluding hydrogens is 286 g/mol. The van der Waals surface area contributed by atoms with Crippen molar-refractivity contribution in [1.29, 1.82) is 0 Å². The first kappa shape index (κ1) is 18.3. The van der Waals surface area contributed by atoms with E-state index >= 15 is 0 Å². The minimum atomic E-state index is -0.660. The topological polar surface area (TPSA) is 61.7 Å². The van der Waals surface area contributed by atoms with Crippen LogP contribution < -0.4 is 10.1 Å². The van der Waals surface area contributed by atoms with E-state index in [1.165, 1.54) is 5.56 Å². The number of aliphatic hydroxyl groups is 2. The van der Waals surface area contributed by atoms with Crippen molar-refractivity contribution in [1.82, 2.24) is 5.32 Å². The number of ether oxygens (including phenoxy) is 1. The lowest BCUT2D eigenvalue weighted by atomic mass is 10.1. The van der Waals surface area contributed by atoms with Gasteiger partial charge in [0.2, 0.25) is 0 Å². The van der Waals surface area contributed by atoms with Gasteiger partial charge in [-0.3, -0.25) is 0 Å². The average molecular weight is 313 g/mol. The fourth-order valence-corrected chi connectivity index (χ4v) is 2.72. The summed E-state index contributed by atoms with van der Waals surface area (Å²) < 4.78 is 5.38. The van der Waals surface area contributed by atoms with Gasteiger partial charge in [0.1, 0.15) is 5.75 Å². The van der Waals surface area contributed by atoms with Gasteiger partial charge in [-0.1, -0.05) is 6.07 Å². The quantitative estimate of drug-likeness (QED) is 0.686. The van der Waals surface area contributed by atoms with Crippen molar-refractivity contribution >= 4 is 11.8 Å². The lowest BCUT2D eigenvalue weighted by Gasteiger charge is -2.21. The van der Waals surface area contributed by atoms with E-state index in [4.69, 9.17) is 9.84 Å². The Labute approximate surface area is 131 Å². The molecule has 0 aliphatic heterocycles. The van der Waals surface area contributed by atoms with Crippen LogP contribution in [0.5, 0.6) is 5.75 Å². The molecule has 1 rings (SSSR count). The van der Waals surface area contributed by atoms with Crippen molar-refractivity contribution in [2.24, 2.45) is 0 Å². The fourth-order valence-electron chi connectivity index (χ4n) is 1.78. The van der Waals surface area contributed by atoms with E-state index < -0.39 is 6.10 Å². The minimum absolute atomic E-state index is 0.0834. The van der Waals surface area contributed by atoms with Gasteiger partial charge in [-0.2, -0.15) is 11.8 Å². The molecule has 21 heavy (non-hydrogen) atoms. The van der Waals surface area contributed by atoms with Crippen LogP contribution in [0.4, 0.5) is 0 Å². The number of thioether (sulfide) groups is 1. The first-order chi connectivity index (χ1) is 9.85. The Hall–Kier alpha value is -0.750. The SMILES string of the molecule is COc1ccc(CNC(C)(C)C)cc1CSCC(O)CO. The van der Waals surface area contributed by atoms with Gasteiger partial charge < -0.3 is 20.3 Å². The van der Waals surface area contributed by atoms with Crippen molar-refractivity contribution in [3.8, 4) is 5.75 Å². The highest BCUT2D eigenvalue weighted by Crippen LogP contribution is 2.25. The van der Waals surface area contributed by atoms with E-state index in [1.807, 2.05) is 6.07 Å². The van der Waals surface area contributed by atoms with E-state index in [9.17, 15) is 5.11 Å². The molecule has 3 N–H and O–H groups in total. The zero-order valence-corrected chi connectivity index (χ0v) is 14.2. The molecule has 1 unspecified atom stereocenters. The molecule has 0 aliphatic carbocycles. The van der Waals surface area contributed by atoms with Crippen molar-refractivity contribution in [3.63, 3.8) is 0 Å². The lowest BCUT2D eigenvalue weighted by molar-refractivity contribution is 0.113. The van der Waals surface area contributed by atoms with Gasteiger partial charge in [-0.25, -0.2) is 0 Å². The van der Waals surface area contributed by atoms with Crippen LogP contribution in [-0.2, 0) is 12.3 Å². The molecule has 0 saturated carbocycles. The van der Waals surface area contributed by atoms with Crippen LogP contribution in [0.2, 0.25) is 0 Å². The zero-order chi connectivity index (χ0) is 15.9. The first-order valence-electron chi connectivity index (χ1n) is 7.13. The Morgan fingerprint density at radius 1 is 1.33 bits per heavy atom. The Kier molecular flexibility index (Phi) is 7.52. The number of benzene rings is 1. The maximum atomic E-state index is 9.38. The van der Waals surface area contributed by atoms with E-state index in [-0.39, 0.29) is 12.1 Å². The summed E-state index contributed by atoms with van der Waals surface area (Å²) in [6.07, 6.45) is -0.660. The maximum Gasteiger partial charge on any atom is 0.122 e. The van der Waals surface area contributed by atoms with Gasteiger partial charge in [0, 0.05) is 29.2 Å². The largest absolute Gasteiger partial charge is 0.496 e. The molecule has 0 aromatic heterocycles. The summed E-state index contributed by atoms with van der Waals surface area (Å²) >= 11 is 1.59. The number of hydrogen-bond donors (Lipinski definition) is 3. The number of hydrogen-bond acceptors (Lipinski definition) is 5. The third-order valence-electron chi connectivity index (χ3n) is 2.95. The molecule has 5 heteroatoms. The average Bonchev–Trinajstić information content (AvgIpc) is 2.44. The molecule has 4 nitrogen and oxygen atoms in total. The minimum Gasteiger partial charge on any atom is -0.496 e. The van der Waals surface area contributed by atoms with Crippen LogP contribution in [-0.4, -0.2) is 41.3 Å². The fraction of sp³-hybridized carbons (Fsp3) is 0.625. The normalized spacial score (nSPS) is 13.2. The van der Waals surface area contributed by atoms with Gasteiger partial charge in [-0.05, 0) is 38.5 Å². The van der Waals surface area contributed by atoms with Gasteiger partial charge in [0.05, 0.1) is 19.8 Å². The Morgan fingerprint density at radius 2 is 2.05 bits per heavy atom. The summed E-state index contributed by atoms with van der Waals surface area (Å²) in [4.78, 5) is 0. The predicted octanol–water partition coefficient (Wildman–Crippen LogP) is 2.17. The molecule has 1 aromatic carbocycles. The standard InChI is InChI=1S/C16H27NO3S/c1-16(2,3)17-8-12-5-6-15(20-4)13(7-12)10-21-11-14(19)9-18/h5-7,14,17-19H,8-11H2,1-4H3. The van der Waals surface area contributed by atoms with Gasteiger partial charge in [0.25, 0.3) is 0 Å². The van der Waals surface area contributed by atoms with Crippen molar-refractivity contribution in [2.75, 3.05) is 19.5 Å². The highest BCUT2D eigenvalue weighted by Gasteiger charge is 2.11. The predicted molar refractivity (Wildman–Crippen MR) is 88.8 cm³/mol. The molecule has 120 valence electrons. The van der Waals surface area contributed by atoms with E-state index in [2.05, 4.69) is 38.2 Å². The van der Waals surface area contributed by atoms with Gasteiger partial charge in [-0.15, -0.1) is 0 Å². The molecular formula is C16H27NO3S. The third kappa shape index (κ3) is 7.18. The molecule has 0 heterocycles. The first-order valence-corrected chi connectivity index (χ1v) is 8.28. The van der Waals surface area contributed by atoms with Crippen molar-refractivity contribution < 1.29 is 14.9 Å². The molecule has 0 radical (unpaired) electrons. The van der Waals surface area contributed by atoms with Crippen LogP contribution in [0, 0.1) is 0 Å². The Balaban J connectivity index is 2.67. The molecule has 0 aliphatic rings. The number of nitrogens with one attached hydrogen (secondary N) is 1. The summed E-state index contributed by atoms with van der Waals surface area (Å²) in [5.74, 6) is 2.13. The van der Waals surface area contributed by atoms with Crippen molar-refractivity contribution in [3.05, 3.63) is 29.3 Å². The number of aliphatic hydroxyl groups excluding tert-OH is 2. The van der Waals surface area contributed by atoms with Crippen LogP contribution in [0.15, 0.2) is 18.2 Å². The maximum absolute atomic E-state index is 9.38. The number of methoxy groups -OCH3 is 1. The van der Waals surface area contributed by atoms with Gasteiger partial charge in [0.15, 0.2) is 0 Å². The lowest BCUT2D eigenvalue weighted by Crippen LogP contribution is -2.35. The van der Waals surface area contributed by atoms with Crippen LogP contribution in [0.25, 0.3) is 0 Å². The van der Waals surface area contributed by atoms with E-state index in [0.717, 1.165) is 23.6 Å². The summed E-state index contributed by atoms with van der Waals surface area (Å²) in [5.41, 5.74) is 2.41. The van der Waals surface area contributed by atoms with Crippen LogP contribution in [0.3, 0.4) is 0 Å².